The van der Waals surface area contributed by atoms with Crippen LogP contribution in [0.2, 0.25) is 0 Å². The van der Waals surface area contributed by atoms with Crippen molar-refractivity contribution in [3.05, 3.63) is 16.8 Å². The molecule has 0 aliphatic rings. The fourth-order valence-corrected chi connectivity index (χ4v) is 1.08. The molecule has 78 valence electrons. The van der Waals surface area contributed by atoms with Crippen LogP contribution in [-0.4, -0.2) is 23.8 Å². The van der Waals surface area contributed by atoms with Crippen molar-refractivity contribution >= 4 is 27.8 Å². The second-order valence-corrected chi connectivity index (χ2v) is 3.57. The Kier molecular flexibility index (Phi) is 3.97. The highest BCUT2D eigenvalue weighted by Crippen LogP contribution is 2.17. The van der Waals surface area contributed by atoms with E-state index in [2.05, 4.69) is 26.6 Å². The number of hydrogen-bond acceptors (Lipinski definition) is 3. The number of aliphatic hydroxyl groups is 1. The average Bonchev–Trinajstić information content (AvgIpc) is 2.48. The van der Waals surface area contributed by atoms with Gasteiger partial charge < -0.3 is 14.8 Å². The van der Waals surface area contributed by atoms with Gasteiger partial charge in [0.05, 0.1) is 6.10 Å². The summed E-state index contributed by atoms with van der Waals surface area (Å²) in [6.07, 6.45) is -0.566. The maximum Gasteiger partial charge on any atom is 0.321 e. The molecule has 0 fully saturated rings. The Balaban J connectivity index is 2.34. The lowest BCUT2D eigenvalue weighted by Crippen LogP contribution is -2.33. The first-order valence-electron chi connectivity index (χ1n) is 4.06. The first kappa shape index (κ1) is 11.1. The Hall–Kier alpha value is -1.01. The normalized spacial score (nSPS) is 12.2. The zero-order valence-electron chi connectivity index (χ0n) is 7.58. The van der Waals surface area contributed by atoms with Gasteiger partial charge >= 0.3 is 6.03 Å². The summed E-state index contributed by atoms with van der Waals surface area (Å²) in [5.74, 6) is 0.347. The number of anilines is 1. The summed E-state index contributed by atoms with van der Waals surface area (Å²) in [6, 6.07) is 2.88. The van der Waals surface area contributed by atoms with E-state index in [0.717, 1.165) is 0 Å². The van der Waals surface area contributed by atoms with Gasteiger partial charge in [0.15, 0.2) is 4.67 Å². The minimum atomic E-state index is -0.566. The fourth-order valence-electron chi connectivity index (χ4n) is 0.778. The summed E-state index contributed by atoms with van der Waals surface area (Å²) in [6.45, 7) is 1.79. The summed E-state index contributed by atoms with van der Waals surface area (Å²) in [4.78, 5) is 11.1. The highest BCUT2D eigenvalue weighted by atomic mass is 79.9. The SMILES string of the molecule is CC(O)CNC(=O)Nc1ccc(Br)o1. The third-order valence-corrected chi connectivity index (χ3v) is 1.79. The van der Waals surface area contributed by atoms with Crippen LogP contribution in [0.25, 0.3) is 0 Å². The minimum Gasteiger partial charge on any atom is -0.434 e. The van der Waals surface area contributed by atoms with E-state index in [9.17, 15) is 4.79 Å². The molecule has 0 aliphatic heterocycles. The van der Waals surface area contributed by atoms with E-state index in [0.29, 0.717) is 10.6 Å². The summed E-state index contributed by atoms with van der Waals surface area (Å²) < 4.78 is 5.59. The van der Waals surface area contributed by atoms with Crippen molar-refractivity contribution < 1.29 is 14.3 Å². The summed E-state index contributed by atoms with van der Waals surface area (Å²) >= 11 is 3.11. The van der Waals surface area contributed by atoms with Crippen LogP contribution in [0.4, 0.5) is 10.7 Å². The van der Waals surface area contributed by atoms with E-state index in [1.54, 1.807) is 19.1 Å². The van der Waals surface area contributed by atoms with E-state index >= 15 is 0 Å². The van der Waals surface area contributed by atoms with Gasteiger partial charge in [-0.2, -0.15) is 0 Å². The quantitative estimate of drug-likeness (QED) is 0.774. The Labute approximate surface area is 89.6 Å². The van der Waals surface area contributed by atoms with Crippen molar-refractivity contribution in [2.24, 2.45) is 0 Å². The highest BCUT2D eigenvalue weighted by Gasteiger charge is 2.05. The standard InChI is InChI=1S/C8H11BrN2O3/c1-5(12)4-10-8(13)11-7-3-2-6(9)14-7/h2-3,5,12H,4H2,1H3,(H2,10,11,13). The molecule has 0 aliphatic carbocycles. The van der Waals surface area contributed by atoms with Crippen LogP contribution in [0.3, 0.4) is 0 Å². The number of nitrogens with one attached hydrogen (secondary N) is 2. The topological polar surface area (TPSA) is 74.5 Å². The lowest BCUT2D eigenvalue weighted by Gasteiger charge is -2.06. The van der Waals surface area contributed by atoms with Gasteiger partial charge in [0.25, 0.3) is 0 Å². The van der Waals surface area contributed by atoms with E-state index in [1.165, 1.54) is 0 Å². The van der Waals surface area contributed by atoms with Gasteiger partial charge in [0.1, 0.15) is 0 Å². The van der Waals surface area contributed by atoms with Crippen LogP contribution >= 0.6 is 15.9 Å². The Morgan fingerprint density at radius 1 is 1.71 bits per heavy atom. The molecule has 3 N–H and O–H groups in total. The number of amides is 2. The van der Waals surface area contributed by atoms with Crippen molar-refractivity contribution in [1.82, 2.24) is 5.32 Å². The van der Waals surface area contributed by atoms with Gasteiger partial charge in [0, 0.05) is 12.6 Å². The molecule has 0 spiro atoms. The zero-order chi connectivity index (χ0) is 10.6. The number of carbonyl (C=O) groups is 1. The maximum absolute atomic E-state index is 11.1. The first-order chi connectivity index (χ1) is 6.58. The lowest BCUT2D eigenvalue weighted by atomic mass is 10.4. The summed E-state index contributed by atoms with van der Waals surface area (Å²) in [5, 5.41) is 13.8. The molecular formula is C8H11BrN2O3. The van der Waals surface area contributed by atoms with E-state index in [-0.39, 0.29) is 6.54 Å². The third kappa shape index (κ3) is 3.80. The number of furan rings is 1. The highest BCUT2D eigenvalue weighted by molar-refractivity contribution is 9.10. The van der Waals surface area contributed by atoms with Crippen LogP contribution in [0.1, 0.15) is 6.92 Å². The molecule has 1 unspecified atom stereocenters. The number of rotatable bonds is 3. The number of hydrogen-bond donors (Lipinski definition) is 3. The molecule has 0 saturated carbocycles. The summed E-state index contributed by atoms with van der Waals surface area (Å²) in [7, 11) is 0. The smallest absolute Gasteiger partial charge is 0.321 e. The lowest BCUT2D eigenvalue weighted by molar-refractivity contribution is 0.190. The van der Waals surface area contributed by atoms with Crippen molar-refractivity contribution in [1.29, 1.82) is 0 Å². The van der Waals surface area contributed by atoms with Crippen LogP contribution in [0.15, 0.2) is 21.2 Å². The van der Waals surface area contributed by atoms with Gasteiger partial charge in [0.2, 0.25) is 5.88 Å². The van der Waals surface area contributed by atoms with Crippen molar-refractivity contribution in [2.45, 2.75) is 13.0 Å². The Morgan fingerprint density at radius 3 is 2.93 bits per heavy atom. The number of aliphatic hydroxyl groups excluding tert-OH is 1. The third-order valence-electron chi connectivity index (χ3n) is 1.37. The molecule has 0 saturated heterocycles. The predicted molar refractivity (Wildman–Crippen MR) is 55.1 cm³/mol. The largest absolute Gasteiger partial charge is 0.434 e. The second-order valence-electron chi connectivity index (χ2n) is 2.79. The molecule has 5 nitrogen and oxygen atoms in total. The molecule has 1 heterocycles. The summed E-state index contributed by atoms with van der Waals surface area (Å²) in [5.41, 5.74) is 0. The predicted octanol–water partition coefficient (Wildman–Crippen LogP) is 1.54. The van der Waals surface area contributed by atoms with Crippen molar-refractivity contribution in [3.8, 4) is 0 Å². The molecule has 1 aromatic rings. The van der Waals surface area contributed by atoms with Crippen LogP contribution < -0.4 is 10.6 Å². The molecule has 1 rings (SSSR count). The fraction of sp³-hybridized carbons (Fsp3) is 0.375. The number of halogens is 1. The molecule has 2 amide bonds. The van der Waals surface area contributed by atoms with Gasteiger partial charge in [-0.15, -0.1) is 0 Å². The van der Waals surface area contributed by atoms with E-state index in [4.69, 9.17) is 9.52 Å². The monoisotopic (exact) mass is 262 g/mol. The Morgan fingerprint density at radius 2 is 2.43 bits per heavy atom. The minimum absolute atomic E-state index is 0.202. The van der Waals surface area contributed by atoms with Crippen LogP contribution in [-0.2, 0) is 0 Å². The van der Waals surface area contributed by atoms with Crippen LogP contribution in [0.5, 0.6) is 0 Å². The molecular weight excluding hydrogens is 252 g/mol. The Bertz CT molecular complexity index is 311. The van der Waals surface area contributed by atoms with Gasteiger partial charge in [-0.1, -0.05) is 0 Å². The molecule has 14 heavy (non-hydrogen) atoms. The molecule has 1 aromatic heterocycles. The van der Waals surface area contributed by atoms with Gasteiger partial charge in [-0.05, 0) is 28.9 Å². The average molecular weight is 263 g/mol. The second kappa shape index (κ2) is 5.02. The van der Waals surface area contributed by atoms with Gasteiger partial charge in [-0.3, -0.25) is 5.32 Å². The van der Waals surface area contributed by atoms with Crippen molar-refractivity contribution in [3.63, 3.8) is 0 Å². The van der Waals surface area contributed by atoms with Crippen LogP contribution in [0, 0.1) is 0 Å². The number of carbonyl (C=O) groups excluding carboxylic acids is 1. The first-order valence-corrected chi connectivity index (χ1v) is 4.85. The molecule has 6 heteroatoms. The number of urea groups is 1. The molecule has 0 radical (unpaired) electrons. The zero-order valence-corrected chi connectivity index (χ0v) is 9.17. The molecule has 0 bridgehead atoms. The molecule has 0 aromatic carbocycles. The van der Waals surface area contributed by atoms with Gasteiger partial charge in [-0.25, -0.2) is 4.79 Å². The van der Waals surface area contributed by atoms with E-state index in [1.807, 2.05) is 0 Å². The van der Waals surface area contributed by atoms with E-state index < -0.39 is 12.1 Å². The maximum atomic E-state index is 11.1. The molecule has 1 atom stereocenters. The van der Waals surface area contributed by atoms with Crippen molar-refractivity contribution in [2.75, 3.05) is 11.9 Å².